The summed E-state index contributed by atoms with van der Waals surface area (Å²) in [5, 5.41) is 6.13. The molecule has 0 bridgehead atoms. The molecule has 1 heterocycles. The molecule has 1 aromatic heterocycles. The molecule has 0 saturated heterocycles. The maximum absolute atomic E-state index is 12.5. The maximum Gasteiger partial charge on any atom is 0.334 e. The van der Waals surface area contributed by atoms with Crippen molar-refractivity contribution >= 4 is 22.8 Å². The monoisotopic (exact) mass is 353 g/mol. The minimum atomic E-state index is -0.482. The van der Waals surface area contributed by atoms with Crippen LogP contribution in [-0.4, -0.2) is 47.7 Å². The van der Waals surface area contributed by atoms with Crippen LogP contribution in [-0.2, 0) is 6.54 Å². The molecule has 26 heavy (non-hydrogen) atoms. The third-order valence-corrected chi connectivity index (χ3v) is 4.06. The van der Waals surface area contributed by atoms with Gasteiger partial charge in [-0.3, -0.25) is 0 Å². The minimum absolute atomic E-state index is 0.453. The number of aromatic nitrogens is 2. The molecule has 7 heteroatoms. The number of hydrogen-bond donors (Lipinski definition) is 3. The van der Waals surface area contributed by atoms with Crippen molar-refractivity contribution in [3.05, 3.63) is 64.6 Å². The highest BCUT2D eigenvalue weighted by Gasteiger charge is 2.13. The molecular formula is C19H23N5O2. The van der Waals surface area contributed by atoms with Crippen molar-refractivity contribution in [1.29, 1.82) is 0 Å². The van der Waals surface area contributed by atoms with Crippen LogP contribution in [0.1, 0.15) is 5.56 Å². The molecule has 7 nitrogen and oxygen atoms in total. The topological polar surface area (TPSA) is 82.2 Å². The van der Waals surface area contributed by atoms with Gasteiger partial charge < -0.3 is 20.5 Å². The van der Waals surface area contributed by atoms with Gasteiger partial charge in [-0.2, -0.15) is 0 Å². The number of nitrogens with one attached hydrogen (secondary N) is 3. The predicted molar refractivity (Wildman–Crippen MR) is 104 cm³/mol. The minimum Gasteiger partial charge on any atom is -0.311 e. The Hall–Kier alpha value is -2.90. The standard InChI is InChI=1S/C19H23N5O2/c1-23(2)12-11-20-13-14-7-9-15(10-8-14)21-18(25)24-17-6-4-3-5-16(17)22-19(24)26/h3-10,20H,11-13H2,1-2H3,(H,21,25)(H,22,26). The smallest absolute Gasteiger partial charge is 0.311 e. The van der Waals surface area contributed by atoms with E-state index in [9.17, 15) is 9.59 Å². The maximum atomic E-state index is 12.5. The second-order valence-corrected chi connectivity index (χ2v) is 6.39. The third kappa shape index (κ3) is 4.19. The number of rotatable bonds is 6. The molecule has 1 amide bonds. The molecule has 0 aliphatic carbocycles. The van der Waals surface area contributed by atoms with E-state index in [0.29, 0.717) is 16.7 Å². The first-order valence-corrected chi connectivity index (χ1v) is 8.50. The number of amides is 1. The van der Waals surface area contributed by atoms with Crippen LogP contribution in [0.5, 0.6) is 0 Å². The van der Waals surface area contributed by atoms with Crippen molar-refractivity contribution in [2.45, 2.75) is 6.54 Å². The van der Waals surface area contributed by atoms with Gasteiger partial charge in [-0.25, -0.2) is 14.2 Å². The van der Waals surface area contributed by atoms with Gasteiger partial charge >= 0.3 is 11.7 Å². The van der Waals surface area contributed by atoms with Crippen LogP contribution in [0.3, 0.4) is 0 Å². The highest BCUT2D eigenvalue weighted by molar-refractivity contribution is 5.97. The lowest BCUT2D eigenvalue weighted by molar-refractivity contribution is 0.253. The number of fused-ring (bicyclic) bond motifs is 1. The molecule has 136 valence electrons. The molecular weight excluding hydrogens is 330 g/mol. The van der Waals surface area contributed by atoms with Crippen LogP contribution in [0.25, 0.3) is 11.0 Å². The Balaban J connectivity index is 1.64. The summed E-state index contributed by atoms with van der Waals surface area (Å²) >= 11 is 0. The average Bonchev–Trinajstić information content (AvgIpc) is 2.95. The van der Waals surface area contributed by atoms with Crippen molar-refractivity contribution in [2.75, 3.05) is 32.5 Å². The number of benzene rings is 2. The molecule has 3 aromatic rings. The second kappa shape index (κ2) is 7.99. The van der Waals surface area contributed by atoms with Crippen molar-refractivity contribution in [2.24, 2.45) is 0 Å². The van der Waals surface area contributed by atoms with E-state index in [1.54, 1.807) is 18.2 Å². The Kier molecular flexibility index (Phi) is 5.50. The zero-order chi connectivity index (χ0) is 18.5. The highest BCUT2D eigenvalue weighted by atomic mass is 16.2. The highest BCUT2D eigenvalue weighted by Crippen LogP contribution is 2.12. The summed E-state index contributed by atoms with van der Waals surface area (Å²) in [4.78, 5) is 29.3. The second-order valence-electron chi connectivity index (χ2n) is 6.39. The zero-order valence-electron chi connectivity index (χ0n) is 15.0. The van der Waals surface area contributed by atoms with E-state index in [1.165, 1.54) is 0 Å². The largest absolute Gasteiger partial charge is 0.334 e. The fourth-order valence-corrected chi connectivity index (χ4v) is 2.68. The number of hydrogen-bond acceptors (Lipinski definition) is 4. The van der Waals surface area contributed by atoms with Gasteiger partial charge in [-0.15, -0.1) is 0 Å². The summed E-state index contributed by atoms with van der Waals surface area (Å²) in [6, 6.07) is 14.2. The van der Waals surface area contributed by atoms with E-state index >= 15 is 0 Å². The van der Waals surface area contributed by atoms with Gasteiger partial charge in [0, 0.05) is 25.3 Å². The van der Waals surface area contributed by atoms with Gasteiger partial charge in [0.2, 0.25) is 0 Å². The van der Waals surface area contributed by atoms with E-state index < -0.39 is 11.7 Å². The summed E-state index contributed by atoms with van der Waals surface area (Å²) in [6.07, 6.45) is 0. The van der Waals surface area contributed by atoms with Crippen molar-refractivity contribution in [1.82, 2.24) is 19.8 Å². The Labute approximate surface area is 151 Å². The fraction of sp³-hybridized carbons (Fsp3) is 0.263. The van der Waals surface area contributed by atoms with E-state index in [4.69, 9.17) is 0 Å². The number of imidazole rings is 1. The van der Waals surface area contributed by atoms with Crippen LogP contribution in [0.2, 0.25) is 0 Å². The van der Waals surface area contributed by atoms with E-state index in [2.05, 4.69) is 20.5 Å². The molecule has 2 aromatic carbocycles. The molecule has 0 aliphatic heterocycles. The fourth-order valence-electron chi connectivity index (χ4n) is 2.68. The molecule has 0 unspecified atom stereocenters. The molecule has 0 spiro atoms. The van der Waals surface area contributed by atoms with Crippen molar-refractivity contribution < 1.29 is 4.79 Å². The van der Waals surface area contributed by atoms with Gasteiger partial charge in [0.05, 0.1) is 11.0 Å². The summed E-state index contributed by atoms with van der Waals surface area (Å²) in [5.74, 6) is 0. The average molecular weight is 353 g/mol. The van der Waals surface area contributed by atoms with Gasteiger partial charge in [0.25, 0.3) is 0 Å². The first-order valence-electron chi connectivity index (χ1n) is 8.50. The SMILES string of the molecule is CN(C)CCNCc1ccc(NC(=O)n2c(=O)[nH]c3ccccc32)cc1. The first kappa shape index (κ1) is 17.9. The number of carbonyl (C=O) groups is 1. The zero-order valence-corrected chi connectivity index (χ0v) is 15.0. The van der Waals surface area contributed by atoms with Crippen LogP contribution >= 0.6 is 0 Å². The predicted octanol–water partition coefficient (Wildman–Crippen LogP) is 2.06. The van der Waals surface area contributed by atoms with Crippen molar-refractivity contribution in [3.63, 3.8) is 0 Å². The van der Waals surface area contributed by atoms with E-state index in [0.717, 1.165) is 29.8 Å². The number of aromatic amines is 1. The Bertz CT molecular complexity index is 940. The quantitative estimate of drug-likeness (QED) is 0.593. The molecule has 0 saturated carbocycles. The van der Waals surface area contributed by atoms with Crippen LogP contribution in [0.4, 0.5) is 10.5 Å². The number of nitrogens with zero attached hydrogens (tertiary/aromatic N) is 2. The lowest BCUT2D eigenvalue weighted by Crippen LogP contribution is -2.29. The molecule has 0 atom stereocenters. The molecule has 3 rings (SSSR count). The van der Waals surface area contributed by atoms with Gasteiger partial charge in [-0.1, -0.05) is 24.3 Å². The van der Waals surface area contributed by atoms with Gasteiger partial charge in [-0.05, 0) is 43.9 Å². The van der Waals surface area contributed by atoms with E-state index in [1.807, 2.05) is 44.4 Å². The Morgan fingerprint density at radius 3 is 2.58 bits per heavy atom. The summed E-state index contributed by atoms with van der Waals surface area (Å²) in [7, 11) is 4.08. The lowest BCUT2D eigenvalue weighted by Gasteiger charge is -2.11. The molecule has 3 N–H and O–H groups in total. The van der Waals surface area contributed by atoms with Gasteiger partial charge in [0.1, 0.15) is 0 Å². The van der Waals surface area contributed by atoms with Crippen LogP contribution in [0.15, 0.2) is 53.3 Å². The number of anilines is 1. The third-order valence-electron chi connectivity index (χ3n) is 4.06. The number of carbonyl (C=O) groups excluding carboxylic acids is 1. The van der Waals surface area contributed by atoms with Crippen LogP contribution in [0, 0.1) is 0 Å². The lowest BCUT2D eigenvalue weighted by atomic mass is 10.2. The number of H-pyrrole nitrogens is 1. The summed E-state index contributed by atoms with van der Waals surface area (Å²) < 4.78 is 1.10. The Morgan fingerprint density at radius 2 is 1.85 bits per heavy atom. The first-order chi connectivity index (χ1) is 12.5. The Morgan fingerprint density at radius 1 is 1.12 bits per heavy atom. The normalized spacial score (nSPS) is 11.2. The number of likely N-dealkylation sites (N-methyl/N-ethyl adjacent to an activating group) is 1. The summed E-state index contributed by atoms with van der Waals surface area (Å²) in [6.45, 7) is 2.66. The molecule has 0 radical (unpaired) electrons. The van der Waals surface area contributed by atoms with Crippen molar-refractivity contribution in [3.8, 4) is 0 Å². The van der Waals surface area contributed by atoms with E-state index in [-0.39, 0.29) is 0 Å². The van der Waals surface area contributed by atoms with Crippen LogP contribution < -0.4 is 16.3 Å². The molecule has 0 aliphatic rings. The summed E-state index contributed by atoms with van der Waals surface area (Å²) in [5.41, 5.74) is 2.50. The number of para-hydroxylation sites is 2. The van der Waals surface area contributed by atoms with Gasteiger partial charge in [0.15, 0.2) is 0 Å². The molecule has 0 fully saturated rings.